The molecule has 0 aliphatic carbocycles. The van der Waals surface area contributed by atoms with Crippen molar-refractivity contribution < 1.29 is 18.0 Å². The molecule has 1 fully saturated rings. The molecule has 0 spiro atoms. The fraction of sp³-hybridized carbons (Fsp3) is 0.714. The average Bonchev–Trinajstić information content (AvgIpc) is 2.43. The van der Waals surface area contributed by atoms with E-state index in [0.29, 0.717) is 19.1 Å². The summed E-state index contributed by atoms with van der Waals surface area (Å²) in [5.74, 6) is 0.117. The van der Waals surface area contributed by atoms with Gasteiger partial charge in [-0.05, 0) is 12.8 Å². The molecular formula is C7H12N2O4S. The van der Waals surface area contributed by atoms with Crippen LogP contribution in [0.15, 0.2) is 0 Å². The Bertz CT molecular complexity index is 325. The van der Waals surface area contributed by atoms with Gasteiger partial charge in [0.1, 0.15) is 11.7 Å². The third-order valence-corrected chi connectivity index (χ3v) is 4.04. The number of sulfone groups is 1. The van der Waals surface area contributed by atoms with Gasteiger partial charge in [0, 0.05) is 0 Å². The Kier molecular flexibility index (Phi) is 3.45. The van der Waals surface area contributed by atoms with Crippen LogP contribution in [0.25, 0.3) is 0 Å². The maximum atomic E-state index is 11.3. The summed E-state index contributed by atoms with van der Waals surface area (Å²) in [4.78, 5) is 20.9. The molecule has 1 saturated heterocycles. The second-order valence-electron chi connectivity index (χ2n) is 3.02. The second-order valence-corrected chi connectivity index (χ2v) is 5.32. The van der Waals surface area contributed by atoms with E-state index in [2.05, 4.69) is 10.6 Å². The van der Waals surface area contributed by atoms with Crippen molar-refractivity contribution in [2.45, 2.75) is 18.2 Å². The van der Waals surface area contributed by atoms with E-state index in [9.17, 15) is 18.0 Å². The summed E-state index contributed by atoms with van der Waals surface area (Å²) in [6, 6.07) is -0.618. The highest BCUT2D eigenvalue weighted by molar-refractivity contribution is 7.92. The van der Waals surface area contributed by atoms with Gasteiger partial charge in [-0.1, -0.05) is 0 Å². The highest BCUT2D eigenvalue weighted by Gasteiger charge is 2.32. The predicted molar refractivity (Wildman–Crippen MR) is 49.4 cm³/mol. The Balaban J connectivity index is 2.44. The van der Waals surface area contributed by atoms with Crippen molar-refractivity contribution >= 4 is 22.2 Å². The number of aldehydes is 1. The number of carbonyl (C=O) groups is 2. The molecule has 0 radical (unpaired) electrons. The van der Waals surface area contributed by atoms with Crippen molar-refractivity contribution in [1.29, 1.82) is 0 Å². The van der Waals surface area contributed by atoms with Crippen LogP contribution >= 0.6 is 0 Å². The largest absolute Gasteiger partial charge is 0.331 e. The number of carbonyl (C=O) groups excluding carboxylic acids is 2. The zero-order chi connectivity index (χ0) is 10.6. The van der Waals surface area contributed by atoms with Gasteiger partial charge in [-0.25, -0.2) is 13.2 Å². The molecular weight excluding hydrogens is 208 g/mol. The molecule has 1 rings (SSSR count). The molecule has 2 N–H and O–H groups in total. The molecule has 2 amide bonds. The summed E-state index contributed by atoms with van der Waals surface area (Å²) in [5, 5.41) is 3.72. The number of amides is 2. The molecule has 0 aromatic rings. The second kappa shape index (κ2) is 4.41. The standard InChI is InChI=1S/C7H12N2O4S/c10-4-3-8-7(11)9-6-2-1-5-14(6,12)13/h4,6H,1-3,5H2,(H2,8,9,11). The van der Waals surface area contributed by atoms with Gasteiger partial charge in [0.2, 0.25) is 0 Å². The van der Waals surface area contributed by atoms with Gasteiger partial charge in [0.05, 0.1) is 12.3 Å². The number of nitrogens with one attached hydrogen (secondary N) is 2. The first kappa shape index (κ1) is 11.0. The van der Waals surface area contributed by atoms with E-state index in [1.54, 1.807) is 0 Å². The van der Waals surface area contributed by atoms with Gasteiger partial charge >= 0.3 is 6.03 Å². The van der Waals surface area contributed by atoms with E-state index in [0.717, 1.165) is 0 Å². The Hall–Kier alpha value is -1.11. The van der Waals surface area contributed by atoms with Gasteiger partial charge in [-0.15, -0.1) is 0 Å². The molecule has 1 heterocycles. The van der Waals surface area contributed by atoms with Crippen LogP contribution in [0.2, 0.25) is 0 Å². The highest BCUT2D eigenvalue weighted by atomic mass is 32.2. The molecule has 0 bridgehead atoms. The smallest absolute Gasteiger partial charge is 0.316 e. The van der Waals surface area contributed by atoms with Crippen LogP contribution in [0, 0.1) is 0 Å². The molecule has 0 saturated carbocycles. The number of hydrogen-bond donors (Lipinski definition) is 2. The van der Waals surface area contributed by atoms with Crippen LogP contribution in [-0.2, 0) is 14.6 Å². The van der Waals surface area contributed by atoms with Crippen LogP contribution < -0.4 is 10.6 Å². The lowest BCUT2D eigenvalue weighted by Crippen LogP contribution is -2.44. The Morgan fingerprint density at radius 1 is 1.50 bits per heavy atom. The van der Waals surface area contributed by atoms with Crippen molar-refractivity contribution in [3.8, 4) is 0 Å². The monoisotopic (exact) mass is 220 g/mol. The molecule has 0 aromatic heterocycles. The zero-order valence-corrected chi connectivity index (χ0v) is 8.34. The van der Waals surface area contributed by atoms with E-state index < -0.39 is 21.2 Å². The fourth-order valence-corrected chi connectivity index (χ4v) is 2.95. The summed E-state index contributed by atoms with van der Waals surface area (Å²) >= 11 is 0. The van der Waals surface area contributed by atoms with Crippen LogP contribution in [-0.4, -0.2) is 38.4 Å². The van der Waals surface area contributed by atoms with Gasteiger partial charge < -0.3 is 15.4 Å². The SMILES string of the molecule is O=CCNC(=O)NC1CCCS1(=O)=O. The topological polar surface area (TPSA) is 92.3 Å². The van der Waals surface area contributed by atoms with Crippen LogP contribution in [0.3, 0.4) is 0 Å². The minimum Gasteiger partial charge on any atom is -0.331 e. The van der Waals surface area contributed by atoms with E-state index in [1.807, 2.05) is 0 Å². The van der Waals surface area contributed by atoms with Gasteiger partial charge in [0.15, 0.2) is 9.84 Å². The third-order valence-electron chi connectivity index (χ3n) is 1.97. The average molecular weight is 220 g/mol. The van der Waals surface area contributed by atoms with Crippen molar-refractivity contribution in [3.63, 3.8) is 0 Å². The van der Waals surface area contributed by atoms with Gasteiger partial charge in [0.25, 0.3) is 0 Å². The minimum absolute atomic E-state index is 0.112. The van der Waals surface area contributed by atoms with E-state index in [-0.39, 0.29) is 12.3 Å². The maximum absolute atomic E-state index is 11.3. The van der Waals surface area contributed by atoms with Crippen molar-refractivity contribution in [2.75, 3.05) is 12.3 Å². The van der Waals surface area contributed by atoms with Crippen LogP contribution in [0.1, 0.15) is 12.8 Å². The molecule has 0 aromatic carbocycles. The molecule has 1 unspecified atom stereocenters. The molecule has 14 heavy (non-hydrogen) atoms. The molecule has 1 aliphatic heterocycles. The highest BCUT2D eigenvalue weighted by Crippen LogP contribution is 2.16. The Labute approximate surface area is 82.0 Å². The lowest BCUT2D eigenvalue weighted by molar-refractivity contribution is -0.107. The summed E-state index contributed by atoms with van der Waals surface area (Å²) < 4.78 is 22.5. The van der Waals surface area contributed by atoms with E-state index >= 15 is 0 Å². The lowest BCUT2D eigenvalue weighted by Gasteiger charge is -2.11. The maximum Gasteiger partial charge on any atom is 0.316 e. The molecule has 6 nitrogen and oxygen atoms in total. The summed E-state index contributed by atoms with van der Waals surface area (Å²) in [6.07, 6.45) is 1.54. The first-order valence-electron chi connectivity index (χ1n) is 4.26. The first-order chi connectivity index (χ1) is 6.56. The quantitative estimate of drug-likeness (QED) is 0.598. The Morgan fingerprint density at radius 2 is 2.21 bits per heavy atom. The zero-order valence-electron chi connectivity index (χ0n) is 7.52. The Morgan fingerprint density at radius 3 is 2.71 bits per heavy atom. The van der Waals surface area contributed by atoms with Crippen LogP contribution in [0.5, 0.6) is 0 Å². The van der Waals surface area contributed by atoms with Crippen molar-refractivity contribution in [1.82, 2.24) is 10.6 Å². The molecule has 7 heteroatoms. The number of rotatable bonds is 3. The van der Waals surface area contributed by atoms with Crippen molar-refractivity contribution in [3.05, 3.63) is 0 Å². The minimum atomic E-state index is -3.17. The molecule has 80 valence electrons. The molecule has 1 atom stereocenters. The normalized spacial score (nSPS) is 24.1. The summed E-state index contributed by atoms with van der Waals surface area (Å²) in [5.41, 5.74) is 0. The van der Waals surface area contributed by atoms with Gasteiger partial charge in [-0.3, -0.25) is 0 Å². The number of urea groups is 1. The first-order valence-corrected chi connectivity index (χ1v) is 5.97. The predicted octanol–water partition coefficient (Wildman–Crippen LogP) is -0.981. The van der Waals surface area contributed by atoms with E-state index in [4.69, 9.17) is 0 Å². The fourth-order valence-electron chi connectivity index (χ4n) is 1.29. The van der Waals surface area contributed by atoms with E-state index in [1.165, 1.54) is 0 Å². The number of hydrogen-bond acceptors (Lipinski definition) is 4. The van der Waals surface area contributed by atoms with Crippen LogP contribution in [0.4, 0.5) is 4.79 Å². The summed E-state index contributed by atoms with van der Waals surface area (Å²) in [7, 11) is -3.17. The lowest BCUT2D eigenvalue weighted by atomic mass is 10.3. The third kappa shape index (κ3) is 2.69. The van der Waals surface area contributed by atoms with Gasteiger partial charge in [-0.2, -0.15) is 0 Å². The molecule has 1 aliphatic rings. The summed E-state index contributed by atoms with van der Waals surface area (Å²) in [6.45, 7) is -0.112. The van der Waals surface area contributed by atoms with Crippen molar-refractivity contribution in [2.24, 2.45) is 0 Å².